The maximum Gasteiger partial charge on any atom is 0.421 e. The minimum atomic E-state index is -1.24. The van der Waals surface area contributed by atoms with Gasteiger partial charge in [0, 0.05) is 0 Å². The molecule has 188 valence electrons. The van der Waals surface area contributed by atoms with Crippen molar-refractivity contribution < 1.29 is 23.9 Å². The molecule has 0 radical (unpaired) electrons. The molecule has 7 heteroatoms. The molecular weight excluding hydrogens is 444 g/mol. The van der Waals surface area contributed by atoms with Gasteiger partial charge in [-0.1, -0.05) is 61.9 Å². The van der Waals surface area contributed by atoms with Gasteiger partial charge in [-0.25, -0.2) is 14.5 Å². The lowest BCUT2D eigenvalue weighted by Crippen LogP contribution is -2.52. The molecule has 1 aliphatic rings. The van der Waals surface area contributed by atoms with Crippen LogP contribution in [0.5, 0.6) is 0 Å². The summed E-state index contributed by atoms with van der Waals surface area (Å²) in [4.78, 5) is 41.7. The van der Waals surface area contributed by atoms with E-state index in [4.69, 9.17) is 9.47 Å². The highest BCUT2D eigenvalue weighted by molar-refractivity contribution is 6.21. The molecule has 35 heavy (non-hydrogen) atoms. The van der Waals surface area contributed by atoms with Gasteiger partial charge in [0.05, 0.1) is 11.7 Å². The Labute approximate surface area is 207 Å². The molecule has 2 aromatic rings. The van der Waals surface area contributed by atoms with Crippen molar-refractivity contribution in [1.82, 2.24) is 5.32 Å². The number of para-hydroxylation sites is 1. The third kappa shape index (κ3) is 5.50. The molecule has 0 fully saturated rings. The van der Waals surface area contributed by atoms with Crippen molar-refractivity contribution in [2.24, 2.45) is 0 Å². The van der Waals surface area contributed by atoms with E-state index in [0.717, 1.165) is 10.5 Å². The largest absolute Gasteiger partial charge is 0.444 e. The fourth-order valence-electron chi connectivity index (χ4n) is 4.58. The molecule has 3 rings (SSSR count). The topological polar surface area (TPSA) is 84.9 Å². The summed E-state index contributed by atoms with van der Waals surface area (Å²) in [5.74, 6) is -0.431. The number of ether oxygens (including phenoxy) is 2. The summed E-state index contributed by atoms with van der Waals surface area (Å²) in [7, 11) is 0. The zero-order valence-electron chi connectivity index (χ0n) is 21.7. The standard InChI is InChI=1S/C28H36N2O5/c1-8-18-28(22(19-14-10-9-11-15-19)29-24(32)34-26(2,3)4)20-16-12-13-17-21(20)30(23(28)31)25(33)35-27(5,6)7/h9-17,22H,8,18H2,1-7H3,(H,29,32)/t22-,28+/m1/s1. The number of hydrogen-bond acceptors (Lipinski definition) is 5. The number of hydrogen-bond donors (Lipinski definition) is 1. The average molecular weight is 481 g/mol. The van der Waals surface area contributed by atoms with E-state index >= 15 is 0 Å². The lowest BCUT2D eigenvalue weighted by molar-refractivity contribution is -0.124. The smallest absolute Gasteiger partial charge is 0.421 e. The number of amides is 3. The van der Waals surface area contributed by atoms with Crippen LogP contribution in [0.25, 0.3) is 0 Å². The maximum atomic E-state index is 14.3. The number of fused-ring (bicyclic) bond motifs is 1. The Morgan fingerprint density at radius 1 is 0.914 bits per heavy atom. The van der Waals surface area contributed by atoms with E-state index in [1.54, 1.807) is 53.7 Å². The van der Waals surface area contributed by atoms with E-state index < -0.39 is 40.8 Å². The van der Waals surface area contributed by atoms with Crippen LogP contribution in [0.4, 0.5) is 15.3 Å². The molecule has 0 spiro atoms. The molecule has 0 bridgehead atoms. The molecule has 3 amide bonds. The van der Waals surface area contributed by atoms with Crippen molar-refractivity contribution in [3.63, 3.8) is 0 Å². The first-order valence-electron chi connectivity index (χ1n) is 12.0. The number of alkyl carbamates (subject to hydrolysis) is 1. The normalized spacial score (nSPS) is 18.6. The highest BCUT2D eigenvalue weighted by Gasteiger charge is 2.58. The van der Waals surface area contributed by atoms with Crippen LogP contribution in [0.15, 0.2) is 54.6 Å². The van der Waals surface area contributed by atoms with Gasteiger partial charge in [0.1, 0.15) is 16.6 Å². The highest BCUT2D eigenvalue weighted by Crippen LogP contribution is 2.52. The second kappa shape index (κ2) is 9.72. The third-order valence-corrected chi connectivity index (χ3v) is 5.72. The number of nitrogens with zero attached hydrogens (tertiary/aromatic N) is 1. The van der Waals surface area contributed by atoms with E-state index in [2.05, 4.69) is 5.32 Å². The zero-order chi connectivity index (χ0) is 26.0. The SMILES string of the molecule is CCC[C@]1([C@H](NC(=O)OC(C)(C)C)c2ccccc2)C(=O)N(C(=O)OC(C)(C)C)c2ccccc21. The first kappa shape index (κ1) is 26.3. The van der Waals surface area contributed by atoms with Gasteiger partial charge >= 0.3 is 12.2 Å². The molecule has 2 aromatic carbocycles. The van der Waals surface area contributed by atoms with Crippen molar-refractivity contribution in [1.29, 1.82) is 0 Å². The Kier molecular flexibility index (Phi) is 7.29. The molecule has 2 atom stereocenters. The Hall–Kier alpha value is -3.35. The fourth-order valence-corrected chi connectivity index (χ4v) is 4.58. The van der Waals surface area contributed by atoms with Crippen LogP contribution in [-0.4, -0.2) is 29.3 Å². The Morgan fingerprint density at radius 2 is 1.49 bits per heavy atom. The second-order valence-corrected chi connectivity index (χ2v) is 10.8. The van der Waals surface area contributed by atoms with Crippen LogP contribution in [0, 0.1) is 0 Å². The molecule has 7 nitrogen and oxygen atoms in total. The highest BCUT2D eigenvalue weighted by atomic mass is 16.6. The summed E-state index contributed by atoms with van der Waals surface area (Å²) in [6.07, 6.45) is -0.334. The number of rotatable bonds is 5. The summed E-state index contributed by atoms with van der Waals surface area (Å²) in [5, 5.41) is 2.98. The molecule has 0 unspecified atom stereocenters. The van der Waals surface area contributed by atoms with Gasteiger partial charge in [0.15, 0.2) is 0 Å². The molecule has 0 saturated heterocycles. The predicted octanol–water partition coefficient (Wildman–Crippen LogP) is 6.27. The fraction of sp³-hybridized carbons (Fsp3) is 0.464. The van der Waals surface area contributed by atoms with Gasteiger partial charge in [-0.05, 0) is 65.2 Å². The van der Waals surface area contributed by atoms with Crippen LogP contribution in [0.2, 0.25) is 0 Å². The monoisotopic (exact) mass is 480 g/mol. The number of nitrogens with one attached hydrogen (secondary N) is 1. The Balaban J connectivity index is 2.20. The minimum absolute atomic E-state index is 0.400. The van der Waals surface area contributed by atoms with E-state index in [1.807, 2.05) is 49.4 Å². The van der Waals surface area contributed by atoms with E-state index in [0.29, 0.717) is 24.1 Å². The van der Waals surface area contributed by atoms with Gasteiger partial charge < -0.3 is 14.8 Å². The lowest BCUT2D eigenvalue weighted by atomic mass is 9.69. The molecular formula is C28H36N2O5. The first-order chi connectivity index (χ1) is 16.3. The van der Waals surface area contributed by atoms with Crippen LogP contribution >= 0.6 is 0 Å². The van der Waals surface area contributed by atoms with E-state index in [9.17, 15) is 14.4 Å². The van der Waals surface area contributed by atoms with Crippen LogP contribution in [0.3, 0.4) is 0 Å². The van der Waals surface area contributed by atoms with Gasteiger partial charge in [-0.2, -0.15) is 0 Å². The molecule has 0 aromatic heterocycles. The minimum Gasteiger partial charge on any atom is -0.444 e. The van der Waals surface area contributed by atoms with Crippen molar-refractivity contribution >= 4 is 23.8 Å². The summed E-state index contributed by atoms with van der Waals surface area (Å²) in [5.41, 5.74) is -0.865. The van der Waals surface area contributed by atoms with Gasteiger partial charge in [0.25, 0.3) is 0 Å². The number of benzene rings is 2. The lowest BCUT2D eigenvalue weighted by Gasteiger charge is -2.37. The number of carbonyl (C=O) groups excluding carboxylic acids is 3. The second-order valence-electron chi connectivity index (χ2n) is 10.8. The molecule has 1 N–H and O–H groups in total. The number of anilines is 1. The van der Waals surface area contributed by atoms with Gasteiger partial charge in [0.2, 0.25) is 5.91 Å². The number of imide groups is 1. The van der Waals surface area contributed by atoms with Crippen LogP contribution in [0.1, 0.15) is 78.5 Å². The summed E-state index contributed by atoms with van der Waals surface area (Å²) in [6.45, 7) is 12.6. The predicted molar refractivity (Wildman–Crippen MR) is 135 cm³/mol. The summed E-state index contributed by atoms with van der Waals surface area (Å²) < 4.78 is 11.2. The molecule has 1 aliphatic heterocycles. The van der Waals surface area contributed by atoms with Gasteiger partial charge in [-0.15, -0.1) is 0 Å². The Morgan fingerprint density at radius 3 is 2.06 bits per heavy atom. The van der Waals surface area contributed by atoms with Crippen molar-refractivity contribution in [2.75, 3.05) is 4.90 Å². The molecule has 0 saturated carbocycles. The van der Waals surface area contributed by atoms with Crippen LogP contribution < -0.4 is 10.2 Å². The third-order valence-electron chi connectivity index (χ3n) is 5.72. The molecule has 1 heterocycles. The quantitative estimate of drug-likeness (QED) is 0.545. The zero-order valence-corrected chi connectivity index (χ0v) is 21.7. The van der Waals surface area contributed by atoms with Gasteiger partial charge in [-0.3, -0.25) is 4.79 Å². The molecule has 0 aliphatic carbocycles. The average Bonchev–Trinajstić information content (AvgIpc) is 2.99. The first-order valence-corrected chi connectivity index (χ1v) is 12.0. The van der Waals surface area contributed by atoms with Crippen molar-refractivity contribution in [3.8, 4) is 0 Å². The van der Waals surface area contributed by atoms with E-state index in [1.165, 1.54) is 0 Å². The summed E-state index contributed by atoms with van der Waals surface area (Å²) >= 11 is 0. The Bertz CT molecular complexity index is 1080. The van der Waals surface area contributed by atoms with Crippen molar-refractivity contribution in [3.05, 3.63) is 65.7 Å². The van der Waals surface area contributed by atoms with Crippen LogP contribution in [-0.2, 0) is 19.7 Å². The summed E-state index contributed by atoms with van der Waals surface area (Å²) in [6, 6.07) is 15.7. The van der Waals surface area contributed by atoms with E-state index in [-0.39, 0.29) is 0 Å². The maximum absolute atomic E-state index is 14.3. The number of carbonyl (C=O) groups is 3. The van der Waals surface area contributed by atoms with Crippen molar-refractivity contribution in [2.45, 2.75) is 84.0 Å².